The van der Waals surface area contributed by atoms with E-state index in [2.05, 4.69) is 36.0 Å². The van der Waals surface area contributed by atoms with Crippen molar-refractivity contribution < 1.29 is 4.79 Å². The maximum Gasteiger partial charge on any atom is 0.230 e. The van der Waals surface area contributed by atoms with Gasteiger partial charge in [-0.2, -0.15) is 5.10 Å². The van der Waals surface area contributed by atoms with E-state index in [0.29, 0.717) is 11.8 Å². The molecule has 120 valence electrons. The van der Waals surface area contributed by atoms with Crippen LogP contribution < -0.4 is 4.90 Å². The summed E-state index contributed by atoms with van der Waals surface area (Å²) in [5, 5.41) is 4.24. The Morgan fingerprint density at radius 1 is 1.30 bits per heavy atom. The van der Waals surface area contributed by atoms with Crippen molar-refractivity contribution in [1.29, 1.82) is 0 Å². The minimum atomic E-state index is 0.130. The van der Waals surface area contributed by atoms with Crippen LogP contribution in [0.3, 0.4) is 0 Å². The second-order valence-corrected chi connectivity index (χ2v) is 7.08. The third-order valence-corrected chi connectivity index (χ3v) is 5.15. The van der Waals surface area contributed by atoms with Gasteiger partial charge in [-0.25, -0.2) is 0 Å². The van der Waals surface area contributed by atoms with E-state index in [1.54, 1.807) is 0 Å². The molecule has 2 heterocycles. The van der Waals surface area contributed by atoms with Crippen molar-refractivity contribution in [2.24, 2.45) is 13.0 Å². The zero-order valence-electron chi connectivity index (χ0n) is 14.0. The number of hydrogen-bond donors (Lipinski definition) is 0. The van der Waals surface area contributed by atoms with Gasteiger partial charge in [0.1, 0.15) is 0 Å². The predicted molar refractivity (Wildman–Crippen MR) is 90.6 cm³/mol. The Morgan fingerprint density at radius 3 is 2.87 bits per heavy atom. The van der Waals surface area contributed by atoms with Crippen LogP contribution in [0.25, 0.3) is 0 Å². The number of nitrogens with zero attached hydrogens (tertiary/aromatic N) is 3. The topological polar surface area (TPSA) is 38.1 Å². The molecule has 0 saturated heterocycles. The zero-order valence-corrected chi connectivity index (χ0v) is 14.0. The average Bonchev–Trinajstić information content (AvgIpc) is 3.20. The monoisotopic (exact) mass is 309 g/mol. The number of aromatic nitrogens is 2. The van der Waals surface area contributed by atoms with Crippen LogP contribution in [0, 0.1) is 19.8 Å². The number of carbonyl (C=O) groups is 1. The van der Waals surface area contributed by atoms with Crippen LogP contribution in [0.4, 0.5) is 5.69 Å². The lowest BCUT2D eigenvalue weighted by Crippen LogP contribution is -2.37. The van der Waals surface area contributed by atoms with Gasteiger partial charge in [0, 0.05) is 31.4 Å². The molecule has 0 bridgehead atoms. The number of aryl methyl sites for hydroxylation is 4. The fourth-order valence-electron chi connectivity index (χ4n) is 4.05. The number of benzene rings is 1. The maximum atomic E-state index is 13.0. The molecular weight excluding hydrogens is 286 g/mol. The first kappa shape index (κ1) is 14.5. The normalized spacial score (nSPS) is 22.8. The standard InChI is InChI=1S/C19H23N3O/c1-12-7-13(2)18-14(8-12)5-4-6-22(18)19(23)17-9-16(17)15-10-20-21(3)11-15/h7-8,10-11,16-17H,4-6,9H2,1-3H3/t16-,17+/m0/s1. The van der Waals surface area contributed by atoms with E-state index in [9.17, 15) is 4.79 Å². The minimum absolute atomic E-state index is 0.130. The number of fused-ring (bicyclic) bond motifs is 1. The molecule has 4 rings (SSSR count). The minimum Gasteiger partial charge on any atom is -0.312 e. The van der Waals surface area contributed by atoms with Crippen LogP contribution in [0.2, 0.25) is 0 Å². The fourth-order valence-corrected chi connectivity index (χ4v) is 4.05. The Bertz CT molecular complexity index is 777. The highest BCUT2D eigenvalue weighted by molar-refractivity contribution is 5.99. The highest BCUT2D eigenvalue weighted by Crippen LogP contribution is 2.49. The van der Waals surface area contributed by atoms with Crippen LogP contribution in [-0.4, -0.2) is 22.2 Å². The van der Waals surface area contributed by atoms with Crippen molar-refractivity contribution in [1.82, 2.24) is 9.78 Å². The summed E-state index contributed by atoms with van der Waals surface area (Å²) in [5.41, 5.74) is 6.22. The molecule has 1 aliphatic carbocycles. The van der Waals surface area contributed by atoms with E-state index >= 15 is 0 Å². The quantitative estimate of drug-likeness (QED) is 0.855. The molecular formula is C19H23N3O. The molecule has 1 aliphatic heterocycles. The Hall–Kier alpha value is -2.10. The molecule has 0 radical (unpaired) electrons. The van der Waals surface area contributed by atoms with Gasteiger partial charge in [-0.1, -0.05) is 17.7 Å². The van der Waals surface area contributed by atoms with Gasteiger partial charge in [0.15, 0.2) is 0 Å². The van der Waals surface area contributed by atoms with Crippen LogP contribution >= 0.6 is 0 Å². The van der Waals surface area contributed by atoms with E-state index in [-0.39, 0.29) is 5.92 Å². The summed E-state index contributed by atoms with van der Waals surface area (Å²) >= 11 is 0. The Kier molecular flexibility index (Phi) is 3.29. The maximum absolute atomic E-state index is 13.0. The van der Waals surface area contributed by atoms with Gasteiger partial charge in [0.05, 0.1) is 6.20 Å². The van der Waals surface area contributed by atoms with Gasteiger partial charge >= 0.3 is 0 Å². The summed E-state index contributed by atoms with van der Waals surface area (Å²) in [7, 11) is 1.93. The largest absolute Gasteiger partial charge is 0.312 e. The highest BCUT2D eigenvalue weighted by atomic mass is 16.2. The molecule has 0 spiro atoms. The van der Waals surface area contributed by atoms with Crippen LogP contribution in [0.1, 0.15) is 41.0 Å². The van der Waals surface area contributed by atoms with Gasteiger partial charge in [-0.15, -0.1) is 0 Å². The first-order valence-corrected chi connectivity index (χ1v) is 8.44. The van der Waals surface area contributed by atoms with E-state index < -0.39 is 0 Å². The lowest BCUT2D eigenvalue weighted by molar-refractivity contribution is -0.120. The Morgan fingerprint density at radius 2 is 2.13 bits per heavy atom. The summed E-state index contributed by atoms with van der Waals surface area (Å²) in [6, 6.07) is 4.43. The first-order valence-electron chi connectivity index (χ1n) is 8.44. The van der Waals surface area contributed by atoms with Crippen LogP contribution in [-0.2, 0) is 18.3 Å². The average molecular weight is 309 g/mol. The highest BCUT2D eigenvalue weighted by Gasteiger charge is 2.47. The Balaban J connectivity index is 1.60. The van der Waals surface area contributed by atoms with E-state index in [1.807, 2.05) is 24.1 Å². The molecule has 2 aliphatic rings. The summed E-state index contributed by atoms with van der Waals surface area (Å²) in [5.74, 6) is 0.782. The predicted octanol–water partition coefficient (Wildman–Crippen LogP) is 3.12. The molecule has 23 heavy (non-hydrogen) atoms. The summed E-state index contributed by atoms with van der Waals surface area (Å²) < 4.78 is 1.82. The van der Waals surface area contributed by atoms with Crippen molar-refractivity contribution >= 4 is 11.6 Å². The second kappa shape index (κ2) is 5.22. The SMILES string of the molecule is Cc1cc(C)c2c(c1)CCCN2C(=O)[C@@H]1C[C@H]1c1cnn(C)c1. The number of carbonyl (C=O) groups excluding carboxylic acids is 1. The zero-order chi connectivity index (χ0) is 16.1. The van der Waals surface area contributed by atoms with E-state index in [1.165, 1.54) is 27.9 Å². The van der Waals surface area contributed by atoms with Gasteiger partial charge in [-0.3, -0.25) is 9.48 Å². The van der Waals surface area contributed by atoms with Gasteiger partial charge in [-0.05, 0) is 55.7 Å². The fraction of sp³-hybridized carbons (Fsp3) is 0.474. The summed E-state index contributed by atoms with van der Waals surface area (Å²) in [6.45, 7) is 5.11. The van der Waals surface area contributed by atoms with Crippen molar-refractivity contribution in [2.75, 3.05) is 11.4 Å². The molecule has 1 aromatic carbocycles. The van der Waals surface area contributed by atoms with Crippen molar-refractivity contribution in [3.8, 4) is 0 Å². The smallest absolute Gasteiger partial charge is 0.230 e. The molecule has 2 aromatic rings. The molecule has 1 aromatic heterocycles. The number of rotatable bonds is 2. The molecule has 1 fully saturated rings. The number of hydrogen-bond acceptors (Lipinski definition) is 2. The lowest BCUT2D eigenvalue weighted by atomic mass is 9.95. The molecule has 1 amide bonds. The van der Waals surface area contributed by atoms with Gasteiger partial charge < -0.3 is 4.90 Å². The molecule has 0 N–H and O–H groups in total. The van der Waals surface area contributed by atoms with Crippen molar-refractivity contribution in [3.63, 3.8) is 0 Å². The third kappa shape index (κ3) is 2.46. The molecule has 2 atom stereocenters. The summed E-state index contributed by atoms with van der Waals surface area (Å²) in [6.07, 6.45) is 7.04. The van der Waals surface area contributed by atoms with Gasteiger partial charge in [0.25, 0.3) is 0 Å². The van der Waals surface area contributed by atoms with Crippen LogP contribution in [0.5, 0.6) is 0 Å². The second-order valence-electron chi connectivity index (χ2n) is 7.08. The number of amides is 1. The molecule has 0 unspecified atom stereocenters. The Labute approximate surface area is 137 Å². The lowest BCUT2D eigenvalue weighted by Gasteiger charge is -2.31. The van der Waals surface area contributed by atoms with Crippen molar-refractivity contribution in [3.05, 3.63) is 46.8 Å². The molecule has 1 saturated carbocycles. The van der Waals surface area contributed by atoms with Gasteiger partial charge in [0.2, 0.25) is 5.91 Å². The first-order chi connectivity index (χ1) is 11.0. The third-order valence-electron chi connectivity index (χ3n) is 5.15. The van der Waals surface area contributed by atoms with E-state index in [4.69, 9.17) is 0 Å². The summed E-state index contributed by atoms with van der Waals surface area (Å²) in [4.78, 5) is 15.1. The molecule has 4 heteroatoms. The van der Waals surface area contributed by atoms with Crippen LogP contribution in [0.15, 0.2) is 24.5 Å². The van der Waals surface area contributed by atoms with E-state index in [0.717, 1.165) is 25.8 Å². The number of anilines is 1. The van der Waals surface area contributed by atoms with Crippen molar-refractivity contribution in [2.45, 2.75) is 39.0 Å². The molecule has 4 nitrogen and oxygen atoms in total.